The second-order valence-corrected chi connectivity index (χ2v) is 16.4. The van der Waals surface area contributed by atoms with Crippen LogP contribution in [0.4, 0.5) is 17.1 Å². The van der Waals surface area contributed by atoms with E-state index in [1.165, 1.54) is 44.2 Å². The maximum Gasteiger partial charge on any atom is 0.164 e. The van der Waals surface area contributed by atoms with Crippen molar-refractivity contribution in [3.63, 3.8) is 0 Å². The molecule has 0 amide bonds. The van der Waals surface area contributed by atoms with Crippen LogP contribution in [-0.4, -0.2) is 15.0 Å². The number of hydrogen-bond acceptors (Lipinski definition) is 4. The lowest BCUT2D eigenvalue weighted by atomic mass is 9.95. The molecule has 0 radical (unpaired) electrons. The van der Waals surface area contributed by atoms with Gasteiger partial charge in [0.25, 0.3) is 0 Å². The Morgan fingerprint density at radius 2 is 0.615 bits per heavy atom. The number of nitrogens with zero attached hydrogens (tertiary/aromatic N) is 4. The average molecular weight is 829 g/mol. The van der Waals surface area contributed by atoms with Gasteiger partial charge in [0, 0.05) is 39.3 Å². The van der Waals surface area contributed by atoms with Gasteiger partial charge < -0.3 is 4.90 Å². The third-order valence-electron chi connectivity index (χ3n) is 12.5. The standard InChI is InChI=1S/C61H40N4/c1-5-15-41(16-6-1)43-27-29-44(30-28-43)46-33-37-51(38-34-46)65(50-35-31-45(32-36-50)42-17-7-2-8-18-42)52-39-55-53-25-13-23-47-24-14-26-54(57(47)53)58(55)56(40-52)61-63-59(48-19-9-3-10-20-48)62-60(64-61)49-21-11-4-12-22-49/h1-40H. The summed E-state index contributed by atoms with van der Waals surface area (Å²) in [5, 5.41) is 2.44. The quantitative estimate of drug-likeness (QED) is 0.145. The summed E-state index contributed by atoms with van der Waals surface area (Å²) in [5.74, 6) is 1.88. The van der Waals surface area contributed by atoms with Gasteiger partial charge in [-0.25, -0.2) is 15.0 Å². The maximum atomic E-state index is 5.32. The molecule has 0 fully saturated rings. The van der Waals surface area contributed by atoms with Crippen LogP contribution in [0.5, 0.6) is 0 Å². The molecule has 65 heavy (non-hydrogen) atoms. The van der Waals surface area contributed by atoms with Gasteiger partial charge in [-0.1, -0.05) is 206 Å². The first-order valence-electron chi connectivity index (χ1n) is 22.0. The molecule has 0 spiro atoms. The van der Waals surface area contributed by atoms with Gasteiger partial charge in [-0.05, 0) is 97.2 Å². The average Bonchev–Trinajstić information content (AvgIpc) is 3.72. The molecular formula is C61H40N4. The Balaban J connectivity index is 1.06. The van der Waals surface area contributed by atoms with E-state index in [-0.39, 0.29) is 0 Å². The number of hydrogen-bond donors (Lipinski definition) is 0. The molecule has 0 saturated heterocycles. The third-order valence-corrected chi connectivity index (χ3v) is 12.5. The zero-order valence-corrected chi connectivity index (χ0v) is 35.4. The van der Waals surface area contributed by atoms with Crippen LogP contribution >= 0.6 is 0 Å². The van der Waals surface area contributed by atoms with Crippen molar-refractivity contribution in [1.29, 1.82) is 0 Å². The van der Waals surface area contributed by atoms with E-state index < -0.39 is 0 Å². The SMILES string of the molecule is c1ccc(-c2ccc(-c3ccc(N(c4ccc(-c5ccccc5)cc4)c4cc(-c5nc(-c6ccccc6)nc(-c6ccccc6)n5)c5c(c4)-c4cccc6cccc-5c46)cc3)cc2)cc1. The Hall–Kier alpha value is -8.73. The van der Waals surface area contributed by atoms with E-state index in [2.05, 4.69) is 211 Å². The van der Waals surface area contributed by atoms with E-state index in [4.69, 9.17) is 15.0 Å². The Morgan fingerprint density at radius 1 is 0.246 bits per heavy atom. The molecule has 304 valence electrons. The molecule has 10 aromatic carbocycles. The van der Waals surface area contributed by atoms with Crippen molar-refractivity contribution in [1.82, 2.24) is 15.0 Å². The molecule has 0 atom stereocenters. The molecule has 4 heteroatoms. The van der Waals surface area contributed by atoms with Gasteiger partial charge >= 0.3 is 0 Å². The largest absolute Gasteiger partial charge is 0.310 e. The van der Waals surface area contributed by atoms with Crippen LogP contribution in [-0.2, 0) is 0 Å². The highest BCUT2D eigenvalue weighted by Gasteiger charge is 2.29. The van der Waals surface area contributed by atoms with Crippen molar-refractivity contribution < 1.29 is 0 Å². The van der Waals surface area contributed by atoms with E-state index in [0.29, 0.717) is 17.5 Å². The summed E-state index contributed by atoms with van der Waals surface area (Å²) in [4.78, 5) is 18.1. The second-order valence-electron chi connectivity index (χ2n) is 16.4. The van der Waals surface area contributed by atoms with Gasteiger partial charge in [0.05, 0.1) is 0 Å². The molecular weight excluding hydrogens is 789 g/mol. The Morgan fingerprint density at radius 3 is 1.08 bits per heavy atom. The van der Waals surface area contributed by atoms with Crippen molar-refractivity contribution in [3.05, 3.63) is 243 Å². The predicted molar refractivity (Wildman–Crippen MR) is 269 cm³/mol. The van der Waals surface area contributed by atoms with E-state index in [0.717, 1.165) is 56.0 Å². The van der Waals surface area contributed by atoms with Crippen LogP contribution in [0.1, 0.15) is 0 Å². The molecule has 12 rings (SSSR count). The van der Waals surface area contributed by atoms with Gasteiger partial charge in [0.1, 0.15) is 0 Å². The highest BCUT2D eigenvalue weighted by atomic mass is 15.1. The molecule has 1 heterocycles. The van der Waals surface area contributed by atoms with Gasteiger partial charge in [-0.2, -0.15) is 0 Å². The number of rotatable bonds is 9. The molecule has 11 aromatic rings. The summed E-state index contributed by atoms with van der Waals surface area (Å²) >= 11 is 0. The van der Waals surface area contributed by atoms with Crippen LogP contribution in [0.15, 0.2) is 243 Å². The van der Waals surface area contributed by atoms with Gasteiger partial charge in [-0.15, -0.1) is 0 Å². The summed E-state index contributed by atoms with van der Waals surface area (Å²) in [5.41, 5.74) is 17.6. The topological polar surface area (TPSA) is 41.9 Å². The fraction of sp³-hybridized carbons (Fsp3) is 0. The molecule has 0 saturated carbocycles. The van der Waals surface area contributed by atoms with E-state index in [1.807, 2.05) is 36.4 Å². The number of anilines is 3. The minimum absolute atomic E-state index is 0.620. The van der Waals surface area contributed by atoms with Crippen molar-refractivity contribution in [3.8, 4) is 89.8 Å². The van der Waals surface area contributed by atoms with Crippen LogP contribution in [0, 0.1) is 0 Å². The van der Waals surface area contributed by atoms with Crippen LogP contribution < -0.4 is 4.90 Å². The second kappa shape index (κ2) is 16.2. The van der Waals surface area contributed by atoms with Crippen molar-refractivity contribution >= 4 is 27.8 Å². The number of benzene rings is 10. The molecule has 1 aliphatic rings. The van der Waals surface area contributed by atoms with Gasteiger partial charge in [0.15, 0.2) is 17.5 Å². The maximum absolute atomic E-state index is 5.32. The first-order valence-corrected chi connectivity index (χ1v) is 22.0. The normalized spacial score (nSPS) is 11.4. The zero-order chi connectivity index (χ0) is 43.1. The minimum Gasteiger partial charge on any atom is -0.310 e. The summed E-state index contributed by atoms with van der Waals surface area (Å²) in [6, 6.07) is 86.0. The predicted octanol–water partition coefficient (Wildman–Crippen LogP) is 16.1. The molecule has 1 aliphatic carbocycles. The molecule has 1 aromatic heterocycles. The smallest absolute Gasteiger partial charge is 0.164 e. The molecule has 4 nitrogen and oxygen atoms in total. The fourth-order valence-electron chi connectivity index (χ4n) is 9.31. The number of fused-ring (bicyclic) bond motifs is 3. The van der Waals surface area contributed by atoms with Crippen molar-refractivity contribution in [2.45, 2.75) is 0 Å². The molecule has 0 N–H and O–H groups in total. The summed E-state index contributed by atoms with van der Waals surface area (Å²) in [6.07, 6.45) is 0. The Labute approximate surface area is 378 Å². The first kappa shape index (κ1) is 38.0. The van der Waals surface area contributed by atoms with Crippen LogP contribution in [0.2, 0.25) is 0 Å². The van der Waals surface area contributed by atoms with Crippen LogP contribution in [0.3, 0.4) is 0 Å². The third kappa shape index (κ3) is 7.04. The van der Waals surface area contributed by atoms with E-state index in [1.54, 1.807) is 0 Å². The Bertz CT molecular complexity index is 3420. The lowest BCUT2D eigenvalue weighted by molar-refractivity contribution is 1.07. The van der Waals surface area contributed by atoms with Gasteiger partial charge in [-0.3, -0.25) is 0 Å². The van der Waals surface area contributed by atoms with Crippen molar-refractivity contribution in [2.24, 2.45) is 0 Å². The zero-order valence-electron chi connectivity index (χ0n) is 35.4. The van der Waals surface area contributed by atoms with Gasteiger partial charge in [0.2, 0.25) is 0 Å². The van der Waals surface area contributed by atoms with E-state index >= 15 is 0 Å². The summed E-state index contributed by atoms with van der Waals surface area (Å²) < 4.78 is 0. The highest BCUT2D eigenvalue weighted by Crippen LogP contribution is 2.53. The summed E-state index contributed by atoms with van der Waals surface area (Å²) in [7, 11) is 0. The fourth-order valence-corrected chi connectivity index (χ4v) is 9.31. The lowest BCUT2D eigenvalue weighted by Crippen LogP contribution is -2.11. The molecule has 0 bridgehead atoms. The monoisotopic (exact) mass is 828 g/mol. The van der Waals surface area contributed by atoms with Crippen LogP contribution in [0.25, 0.3) is 101 Å². The van der Waals surface area contributed by atoms with E-state index in [9.17, 15) is 0 Å². The molecule has 0 aliphatic heterocycles. The summed E-state index contributed by atoms with van der Waals surface area (Å²) in [6.45, 7) is 0. The lowest BCUT2D eigenvalue weighted by Gasteiger charge is -2.27. The molecule has 0 unspecified atom stereocenters. The Kier molecular flexibility index (Phi) is 9.46. The first-order chi connectivity index (χ1) is 32.2. The highest BCUT2D eigenvalue weighted by molar-refractivity contribution is 6.18. The van der Waals surface area contributed by atoms with Crippen molar-refractivity contribution in [2.75, 3.05) is 4.90 Å². The number of aromatic nitrogens is 3. The minimum atomic E-state index is 0.620.